The number of hydrogen-bond acceptors (Lipinski definition) is 4. The number of H-pyrrole nitrogens is 1. The highest BCUT2D eigenvalue weighted by Crippen LogP contribution is 2.22. The van der Waals surface area contributed by atoms with Crippen LogP contribution >= 0.6 is 0 Å². The highest BCUT2D eigenvalue weighted by molar-refractivity contribution is 7.92. The lowest BCUT2D eigenvalue weighted by Crippen LogP contribution is -2.14. The van der Waals surface area contributed by atoms with E-state index in [0.29, 0.717) is 17.1 Å². The van der Waals surface area contributed by atoms with Gasteiger partial charge in [-0.3, -0.25) is 9.82 Å². The van der Waals surface area contributed by atoms with E-state index in [0.717, 1.165) is 6.07 Å². The Hall–Kier alpha value is -2.09. The monoisotopic (exact) mass is 284 g/mol. The van der Waals surface area contributed by atoms with Crippen LogP contribution in [0.4, 0.5) is 15.8 Å². The van der Waals surface area contributed by atoms with Crippen LogP contribution in [-0.4, -0.2) is 18.6 Å². The number of halogens is 1. The first-order chi connectivity index (χ1) is 8.81. The zero-order valence-corrected chi connectivity index (χ0v) is 11.2. The number of sulfonamides is 1. The second kappa shape index (κ2) is 4.54. The van der Waals surface area contributed by atoms with Gasteiger partial charge in [0.2, 0.25) is 0 Å². The van der Waals surface area contributed by atoms with Crippen molar-refractivity contribution in [3.63, 3.8) is 0 Å². The molecule has 6 nitrogen and oxygen atoms in total. The number of benzene rings is 1. The van der Waals surface area contributed by atoms with E-state index in [1.165, 1.54) is 12.1 Å². The molecule has 0 aliphatic rings. The highest BCUT2D eigenvalue weighted by atomic mass is 32.2. The number of aromatic amines is 1. The third kappa shape index (κ3) is 2.53. The Morgan fingerprint density at radius 2 is 2.05 bits per heavy atom. The molecule has 2 aromatic rings. The van der Waals surface area contributed by atoms with Crippen LogP contribution in [0.15, 0.2) is 23.1 Å². The molecule has 0 amide bonds. The van der Waals surface area contributed by atoms with E-state index in [2.05, 4.69) is 14.9 Å². The van der Waals surface area contributed by atoms with E-state index < -0.39 is 15.8 Å². The molecule has 1 aromatic heterocycles. The topological polar surface area (TPSA) is 101 Å². The van der Waals surface area contributed by atoms with E-state index in [-0.39, 0.29) is 10.6 Å². The maximum Gasteiger partial charge on any atom is 0.262 e. The number of nitrogens with zero attached hydrogens (tertiary/aromatic N) is 1. The molecule has 0 aliphatic heterocycles. The maximum absolute atomic E-state index is 13.3. The molecule has 0 saturated heterocycles. The van der Waals surface area contributed by atoms with E-state index in [1.54, 1.807) is 13.8 Å². The number of nitrogens with two attached hydrogens (primary N) is 1. The normalized spacial score (nSPS) is 11.5. The molecule has 0 bridgehead atoms. The first-order valence-corrected chi connectivity index (χ1v) is 6.89. The average Bonchev–Trinajstić information content (AvgIpc) is 2.64. The van der Waals surface area contributed by atoms with Crippen molar-refractivity contribution in [3.8, 4) is 0 Å². The van der Waals surface area contributed by atoms with Crippen LogP contribution in [0.3, 0.4) is 0 Å². The fraction of sp³-hybridized carbons (Fsp3) is 0.182. The van der Waals surface area contributed by atoms with Gasteiger partial charge in [-0.15, -0.1) is 0 Å². The number of hydrogen-bond donors (Lipinski definition) is 3. The Balaban J connectivity index is 2.41. The minimum atomic E-state index is -3.87. The molecule has 1 heterocycles. The molecular formula is C11H13FN4O2S. The molecule has 4 N–H and O–H groups in total. The molecule has 0 fully saturated rings. The van der Waals surface area contributed by atoms with Crippen LogP contribution in [0.25, 0.3) is 0 Å². The number of anilines is 2. The summed E-state index contributed by atoms with van der Waals surface area (Å²) in [6.07, 6.45) is 0. The molecule has 0 spiro atoms. The first-order valence-electron chi connectivity index (χ1n) is 5.40. The van der Waals surface area contributed by atoms with Crippen molar-refractivity contribution in [1.29, 1.82) is 0 Å². The Kier molecular flexibility index (Phi) is 3.19. The summed E-state index contributed by atoms with van der Waals surface area (Å²) in [5.41, 5.74) is 6.66. The SMILES string of the molecule is Cc1n[nH]c(C)c1NS(=O)(=O)c1ccc(N)c(F)c1. The zero-order chi connectivity index (χ0) is 14.2. The van der Waals surface area contributed by atoms with Crippen molar-refractivity contribution < 1.29 is 12.8 Å². The predicted molar refractivity (Wildman–Crippen MR) is 69.7 cm³/mol. The van der Waals surface area contributed by atoms with Crippen LogP contribution in [0.2, 0.25) is 0 Å². The van der Waals surface area contributed by atoms with Gasteiger partial charge in [0.15, 0.2) is 0 Å². The van der Waals surface area contributed by atoms with E-state index in [9.17, 15) is 12.8 Å². The van der Waals surface area contributed by atoms with Crippen LogP contribution in [-0.2, 0) is 10.0 Å². The molecule has 102 valence electrons. The van der Waals surface area contributed by atoms with Crippen molar-refractivity contribution in [1.82, 2.24) is 10.2 Å². The van der Waals surface area contributed by atoms with Crippen molar-refractivity contribution in [3.05, 3.63) is 35.4 Å². The summed E-state index contributed by atoms with van der Waals surface area (Å²) in [7, 11) is -3.87. The largest absolute Gasteiger partial charge is 0.396 e. The standard InChI is InChI=1S/C11H13FN4O2S/c1-6-11(7(2)15-14-6)16-19(17,18)8-3-4-10(13)9(12)5-8/h3-5,16H,13H2,1-2H3,(H,14,15). The molecule has 0 radical (unpaired) electrons. The quantitative estimate of drug-likeness (QED) is 0.744. The molecule has 0 aliphatic carbocycles. The number of rotatable bonds is 3. The van der Waals surface area contributed by atoms with Crippen molar-refractivity contribution in [2.24, 2.45) is 0 Å². The Morgan fingerprint density at radius 1 is 1.37 bits per heavy atom. The second-order valence-electron chi connectivity index (χ2n) is 4.10. The molecule has 8 heteroatoms. The lowest BCUT2D eigenvalue weighted by molar-refractivity contribution is 0.596. The van der Waals surface area contributed by atoms with E-state index in [4.69, 9.17) is 5.73 Å². The second-order valence-corrected chi connectivity index (χ2v) is 5.78. The summed E-state index contributed by atoms with van der Waals surface area (Å²) < 4.78 is 39.9. The number of aromatic nitrogens is 2. The summed E-state index contributed by atoms with van der Waals surface area (Å²) in [5.74, 6) is -0.775. The van der Waals surface area contributed by atoms with Crippen molar-refractivity contribution >= 4 is 21.4 Å². The maximum atomic E-state index is 13.3. The Labute approximate surface area is 109 Å². The minimum Gasteiger partial charge on any atom is -0.396 e. The Morgan fingerprint density at radius 3 is 2.58 bits per heavy atom. The van der Waals surface area contributed by atoms with Gasteiger partial charge in [-0.05, 0) is 32.0 Å². The van der Waals surface area contributed by atoms with Gasteiger partial charge in [-0.2, -0.15) is 5.10 Å². The summed E-state index contributed by atoms with van der Waals surface area (Å²) in [4.78, 5) is -0.195. The molecular weight excluding hydrogens is 271 g/mol. The number of aryl methyl sites for hydroxylation is 2. The van der Waals surface area contributed by atoms with Gasteiger partial charge in [0, 0.05) is 0 Å². The predicted octanol–water partition coefficient (Wildman–Crippen LogP) is 1.55. The fourth-order valence-electron chi connectivity index (χ4n) is 1.57. The van der Waals surface area contributed by atoms with Gasteiger partial charge in [-0.1, -0.05) is 0 Å². The molecule has 0 unspecified atom stereocenters. The van der Waals surface area contributed by atoms with Gasteiger partial charge in [-0.25, -0.2) is 12.8 Å². The molecule has 0 atom stereocenters. The smallest absolute Gasteiger partial charge is 0.262 e. The Bertz CT molecular complexity index is 705. The minimum absolute atomic E-state index is 0.102. The van der Waals surface area contributed by atoms with Crippen LogP contribution < -0.4 is 10.5 Å². The van der Waals surface area contributed by atoms with Crippen molar-refractivity contribution in [2.75, 3.05) is 10.5 Å². The lowest BCUT2D eigenvalue weighted by Gasteiger charge is -2.08. The zero-order valence-electron chi connectivity index (χ0n) is 10.4. The molecule has 0 saturated carbocycles. The van der Waals surface area contributed by atoms with E-state index in [1.807, 2.05) is 0 Å². The summed E-state index contributed by atoms with van der Waals surface area (Å²) >= 11 is 0. The molecule has 19 heavy (non-hydrogen) atoms. The van der Waals surface area contributed by atoms with Gasteiger partial charge >= 0.3 is 0 Å². The van der Waals surface area contributed by atoms with E-state index >= 15 is 0 Å². The summed E-state index contributed by atoms with van der Waals surface area (Å²) in [5, 5.41) is 6.54. The fourth-order valence-corrected chi connectivity index (χ4v) is 2.76. The first kappa shape index (κ1) is 13.3. The van der Waals surface area contributed by atoms with Crippen LogP contribution in [0.1, 0.15) is 11.4 Å². The van der Waals surface area contributed by atoms with Gasteiger partial charge in [0.1, 0.15) is 5.82 Å². The summed E-state index contributed by atoms with van der Waals surface area (Å²) in [6, 6.07) is 3.33. The van der Waals surface area contributed by atoms with Crippen LogP contribution in [0, 0.1) is 19.7 Å². The highest BCUT2D eigenvalue weighted by Gasteiger charge is 2.19. The third-order valence-electron chi connectivity index (χ3n) is 2.65. The molecule has 2 rings (SSSR count). The van der Waals surface area contributed by atoms with Gasteiger partial charge < -0.3 is 5.73 Å². The lowest BCUT2D eigenvalue weighted by atomic mass is 10.3. The molecule has 1 aromatic carbocycles. The number of nitrogen functional groups attached to an aromatic ring is 1. The average molecular weight is 284 g/mol. The van der Waals surface area contributed by atoms with Crippen molar-refractivity contribution in [2.45, 2.75) is 18.7 Å². The van der Waals surface area contributed by atoms with Crippen LogP contribution in [0.5, 0.6) is 0 Å². The van der Waals surface area contributed by atoms with Gasteiger partial charge in [0.25, 0.3) is 10.0 Å². The number of nitrogens with one attached hydrogen (secondary N) is 2. The summed E-state index contributed by atoms with van der Waals surface area (Å²) in [6.45, 7) is 3.34. The third-order valence-corrected chi connectivity index (χ3v) is 3.99. The van der Waals surface area contributed by atoms with Gasteiger partial charge in [0.05, 0.1) is 27.7 Å².